The van der Waals surface area contributed by atoms with Gasteiger partial charge in [0, 0.05) is 7.05 Å². The fourth-order valence-corrected chi connectivity index (χ4v) is 2.97. The van der Waals surface area contributed by atoms with Crippen LogP contribution in [0, 0.1) is 6.92 Å². The van der Waals surface area contributed by atoms with Crippen molar-refractivity contribution in [3.05, 3.63) is 46.9 Å². The van der Waals surface area contributed by atoms with Gasteiger partial charge in [0.25, 0.3) is 0 Å². The lowest BCUT2D eigenvalue weighted by molar-refractivity contribution is -0.135. The molecule has 0 unspecified atom stereocenters. The van der Waals surface area contributed by atoms with Crippen LogP contribution in [0.1, 0.15) is 41.3 Å². The topological polar surface area (TPSA) is 89.2 Å². The largest absolute Gasteiger partial charge is 0.493 e. The summed E-state index contributed by atoms with van der Waals surface area (Å²) in [6.45, 7) is 5.40. The minimum absolute atomic E-state index is 0.102. The number of aryl methyl sites for hydroxylation is 1. The first kappa shape index (κ1) is 20.4. The second-order valence-electron chi connectivity index (χ2n) is 6.84. The van der Waals surface area contributed by atoms with Gasteiger partial charge in [-0.1, -0.05) is 6.07 Å². The highest BCUT2D eigenvalue weighted by atomic mass is 16.5. The molecular weight excluding hydrogens is 350 g/mol. The molecule has 7 heteroatoms. The first-order valence-electron chi connectivity index (χ1n) is 8.42. The van der Waals surface area contributed by atoms with Crippen molar-refractivity contribution in [2.45, 2.75) is 32.7 Å². The van der Waals surface area contributed by atoms with Gasteiger partial charge in [0.1, 0.15) is 17.1 Å². The number of benzene rings is 1. The third-order valence-corrected chi connectivity index (χ3v) is 4.58. The highest BCUT2D eigenvalue weighted by Gasteiger charge is 2.33. The maximum absolute atomic E-state index is 13.0. The van der Waals surface area contributed by atoms with Crippen LogP contribution < -0.4 is 9.47 Å². The van der Waals surface area contributed by atoms with Gasteiger partial charge in [-0.3, -0.25) is 4.79 Å². The van der Waals surface area contributed by atoms with Crippen molar-refractivity contribution in [1.29, 1.82) is 0 Å². The monoisotopic (exact) mass is 375 g/mol. The minimum atomic E-state index is -1.05. The lowest BCUT2D eigenvalue weighted by atomic mass is 9.83. The molecule has 0 aliphatic heterocycles. The maximum Gasteiger partial charge on any atom is 0.339 e. The van der Waals surface area contributed by atoms with Crippen LogP contribution in [0.2, 0.25) is 0 Å². The van der Waals surface area contributed by atoms with Crippen LogP contribution in [0.3, 0.4) is 0 Å². The highest BCUT2D eigenvalue weighted by Crippen LogP contribution is 2.34. The number of nitrogens with zero attached hydrogens (tertiary/aromatic N) is 1. The molecule has 1 amide bonds. The summed E-state index contributed by atoms with van der Waals surface area (Å²) in [6.07, 6.45) is 0. The molecule has 0 fully saturated rings. The van der Waals surface area contributed by atoms with Crippen LogP contribution >= 0.6 is 0 Å². The number of hydrogen-bond donors (Lipinski definition) is 1. The fraction of sp³-hybridized carbons (Fsp3) is 0.400. The second-order valence-corrected chi connectivity index (χ2v) is 6.84. The number of amides is 1. The SMILES string of the molecule is COc1ccc(C(C)(C)C(=O)N(C)Cc2cc(C(=O)O)c(C)o2)cc1OC. The van der Waals surface area contributed by atoms with Crippen LogP contribution in [0.5, 0.6) is 11.5 Å². The minimum Gasteiger partial charge on any atom is -0.493 e. The number of carbonyl (C=O) groups is 2. The van der Waals surface area contributed by atoms with Crippen molar-refractivity contribution >= 4 is 11.9 Å². The number of hydrogen-bond acceptors (Lipinski definition) is 5. The Bertz CT molecular complexity index is 852. The summed E-state index contributed by atoms with van der Waals surface area (Å²) in [5, 5.41) is 9.13. The van der Waals surface area contributed by atoms with Crippen molar-refractivity contribution in [3.8, 4) is 11.5 Å². The summed E-state index contributed by atoms with van der Waals surface area (Å²) < 4.78 is 16.0. The Morgan fingerprint density at radius 1 is 1.15 bits per heavy atom. The second kappa shape index (κ2) is 7.73. The molecule has 7 nitrogen and oxygen atoms in total. The average molecular weight is 375 g/mol. The first-order valence-corrected chi connectivity index (χ1v) is 8.42. The molecule has 1 aromatic heterocycles. The molecule has 0 spiro atoms. The Balaban J connectivity index is 2.24. The number of methoxy groups -OCH3 is 2. The molecule has 2 rings (SSSR count). The van der Waals surface area contributed by atoms with E-state index in [-0.39, 0.29) is 18.0 Å². The zero-order valence-electron chi connectivity index (χ0n) is 16.5. The molecule has 0 aliphatic rings. The molecule has 0 saturated carbocycles. The number of carboxylic acid groups (broad SMARTS) is 1. The molecule has 0 radical (unpaired) electrons. The van der Waals surface area contributed by atoms with E-state index in [1.54, 1.807) is 40.3 Å². The summed E-state index contributed by atoms with van der Waals surface area (Å²) in [6, 6.07) is 6.82. The van der Waals surface area contributed by atoms with Gasteiger partial charge in [0.15, 0.2) is 11.5 Å². The predicted molar refractivity (Wildman–Crippen MR) is 99.5 cm³/mol. The van der Waals surface area contributed by atoms with Crippen molar-refractivity contribution in [2.24, 2.45) is 0 Å². The molecule has 1 N–H and O–H groups in total. The Morgan fingerprint density at radius 3 is 2.30 bits per heavy atom. The van der Waals surface area contributed by atoms with Crippen molar-refractivity contribution in [2.75, 3.05) is 21.3 Å². The van der Waals surface area contributed by atoms with E-state index < -0.39 is 11.4 Å². The molecule has 1 heterocycles. The molecule has 0 bridgehead atoms. The van der Waals surface area contributed by atoms with E-state index in [4.69, 9.17) is 19.0 Å². The van der Waals surface area contributed by atoms with Gasteiger partial charge in [-0.2, -0.15) is 0 Å². The van der Waals surface area contributed by atoms with Gasteiger partial charge < -0.3 is 23.9 Å². The van der Waals surface area contributed by atoms with Crippen molar-refractivity contribution in [3.63, 3.8) is 0 Å². The van der Waals surface area contributed by atoms with E-state index in [0.29, 0.717) is 23.0 Å². The third kappa shape index (κ3) is 4.07. The van der Waals surface area contributed by atoms with Crippen LogP contribution in [0.15, 0.2) is 28.7 Å². The van der Waals surface area contributed by atoms with E-state index in [0.717, 1.165) is 5.56 Å². The average Bonchev–Trinajstić information content (AvgIpc) is 3.00. The number of aromatic carboxylic acids is 1. The summed E-state index contributed by atoms with van der Waals surface area (Å²) in [4.78, 5) is 25.7. The molecule has 0 aliphatic carbocycles. The van der Waals surface area contributed by atoms with Crippen LogP contribution in [-0.4, -0.2) is 43.2 Å². The van der Waals surface area contributed by atoms with E-state index >= 15 is 0 Å². The van der Waals surface area contributed by atoms with Gasteiger partial charge >= 0.3 is 5.97 Å². The van der Waals surface area contributed by atoms with Gasteiger partial charge in [-0.25, -0.2) is 4.79 Å². The zero-order chi connectivity index (χ0) is 20.4. The lowest BCUT2D eigenvalue weighted by Crippen LogP contribution is -2.40. The van der Waals surface area contributed by atoms with Crippen molar-refractivity contribution in [1.82, 2.24) is 4.90 Å². The quantitative estimate of drug-likeness (QED) is 0.799. The smallest absolute Gasteiger partial charge is 0.339 e. The lowest BCUT2D eigenvalue weighted by Gasteiger charge is -2.30. The molecule has 2 aromatic rings. The van der Waals surface area contributed by atoms with Gasteiger partial charge in [0.05, 0.1) is 26.2 Å². The maximum atomic E-state index is 13.0. The third-order valence-electron chi connectivity index (χ3n) is 4.58. The fourth-order valence-electron chi connectivity index (χ4n) is 2.97. The molecule has 1 aromatic carbocycles. The Labute approximate surface area is 158 Å². The summed E-state index contributed by atoms with van der Waals surface area (Å²) in [5.41, 5.74) is 0.0508. The zero-order valence-corrected chi connectivity index (χ0v) is 16.5. The molecule has 0 atom stereocenters. The number of rotatable bonds is 7. The Morgan fingerprint density at radius 2 is 1.78 bits per heavy atom. The van der Waals surface area contributed by atoms with E-state index in [2.05, 4.69) is 0 Å². The number of furan rings is 1. The van der Waals surface area contributed by atoms with Crippen molar-refractivity contribution < 1.29 is 28.6 Å². The van der Waals surface area contributed by atoms with Crippen LogP contribution in [0.25, 0.3) is 0 Å². The number of ether oxygens (including phenoxy) is 2. The Kier molecular flexibility index (Phi) is 5.83. The predicted octanol–water partition coefficient (Wildman–Crippen LogP) is 3.24. The Hall–Kier alpha value is -2.96. The molecular formula is C20H25NO6. The normalized spacial score (nSPS) is 11.2. The highest BCUT2D eigenvalue weighted by molar-refractivity contribution is 5.89. The number of carboxylic acids is 1. The van der Waals surface area contributed by atoms with Gasteiger partial charge in [-0.05, 0) is 44.5 Å². The summed E-state index contributed by atoms with van der Waals surface area (Å²) in [7, 11) is 4.75. The summed E-state index contributed by atoms with van der Waals surface area (Å²) in [5.74, 6) is 0.681. The van der Waals surface area contributed by atoms with E-state index in [9.17, 15) is 9.59 Å². The number of likely N-dealkylation sites (N-methyl/N-ethyl adjacent to an activating group) is 1. The van der Waals surface area contributed by atoms with E-state index in [1.165, 1.54) is 11.0 Å². The van der Waals surface area contributed by atoms with Crippen LogP contribution in [-0.2, 0) is 16.8 Å². The van der Waals surface area contributed by atoms with Gasteiger partial charge in [-0.15, -0.1) is 0 Å². The van der Waals surface area contributed by atoms with E-state index in [1.807, 2.05) is 19.9 Å². The first-order chi connectivity index (χ1) is 12.6. The standard InChI is InChI=1S/C20H25NO6/c1-12-15(18(22)23)10-14(27-12)11-21(4)19(24)20(2,3)13-7-8-16(25-5)17(9-13)26-6/h7-10H,11H2,1-6H3,(H,22,23). The number of carbonyl (C=O) groups excluding carboxylic acids is 1. The van der Waals surface area contributed by atoms with Crippen LogP contribution in [0.4, 0.5) is 0 Å². The molecule has 27 heavy (non-hydrogen) atoms. The summed E-state index contributed by atoms with van der Waals surface area (Å²) >= 11 is 0. The molecule has 146 valence electrons. The van der Waals surface area contributed by atoms with Gasteiger partial charge in [0.2, 0.25) is 5.91 Å². The molecule has 0 saturated heterocycles.